The van der Waals surface area contributed by atoms with Crippen LogP contribution in [-0.4, -0.2) is 50.6 Å². The Kier molecular flexibility index (Phi) is 14.1. The maximum atomic E-state index is 12.3. The Morgan fingerprint density at radius 3 is 1.83 bits per heavy atom. The van der Waals surface area contributed by atoms with Crippen LogP contribution >= 0.6 is 0 Å². The van der Waals surface area contributed by atoms with E-state index in [1.165, 1.54) is 69.6 Å². The molecule has 6 heteroatoms. The third kappa shape index (κ3) is 10.4. The molecule has 6 nitrogen and oxygen atoms in total. The summed E-state index contributed by atoms with van der Waals surface area (Å²) < 4.78 is 15.9. The molecule has 2 aliphatic rings. The molecule has 0 bridgehead atoms. The number of unbranched alkanes of at least 4 members (excludes halogenated alkanes) is 2. The summed E-state index contributed by atoms with van der Waals surface area (Å²) in [7, 11) is 1.50. The van der Waals surface area contributed by atoms with Crippen LogP contribution in [0.3, 0.4) is 0 Å². The van der Waals surface area contributed by atoms with Gasteiger partial charge in [0.15, 0.2) is 0 Å². The number of ether oxygens (including phenoxy) is 3. The first-order chi connectivity index (χ1) is 19.9. The van der Waals surface area contributed by atoms with E-state index in [9.17, 15) is 14.7 Å². The summed E-state index contributed by atoms with van der Waals surface area (Å²) in [6, 6.07) is 9.42. The lowest BCUT2D eigenvalue weighted by Crippen LogP contribution is -2.31. The summed E-state index contributed by atoms with van der Waals surface area (Å²) in [4.78, 5) is 24.4. The molecule has 1 unspecified atom stereocenters. The van der Waals surface area contributed by atoms with Crippen LogP contribution in [0.4, 0.5) is 0 Å². The third-order valence-corrected chi connectivity index (χ3v) is 9.32. The van der Waals surface area contributed by atoms with E-state index in [0.29, 0.717) is 11.8 Å². The molecule has 1 aromatic rings. The molecule has 0 spiro atoms. The fourth-order valence-corrected chi connectivity index (χ4v) is 6.62. The normalized spacial score (nSPS) is 23.4. The fourth-order valence-electron chi connectivity index (χ4n) is 6.62. The van der Waals surface area contributed by atoms with Gasteiger partial charge in [0.2, 0.25) is 0 Å². The zero-order chi connectivity index (χ0) is 29.6. The van der Waals surface area contributed by atoms with Crippen LogP contribution in [0.25, 0.3) is 0 Å². The maximum Gasteiger partial charge on any atom is 0.335 e. The van der Waals surface area contributed by atoms with E-state index in [-0.39, 0.29) is 42.8 Å². The first kappa shape index (κ1) is 33.1. The number of carbonyl (C=O) groups is 2. The predicted molar refractivity (Wildman–Crippen MR) is 163 cm³/mol. The molecular formula is C35H52O6. The second kappa shape index (κ2) is 17.5. The quantitative estimate of drug-likeness (QED) is 0.128. The Labute approximate surface area is 247 Å². The molecule has 0 amide bonds. The Hall–Kier alpha value is -2.44. The first-order valence-electron chi connectivity index (χ1n) is 15.8. The fraction of sp³-hybridized carbons (Fsp3) is 0.657. The number of hydrogen-bond donors (Lipinski definition) is 1. The summed E-state index contributed by atoms with van der Waals surface area (Å²) in [5.74, 6) is 1.15. The van der Waals surface area contributed by atoms with E-state index >= 15 is 0 Å². The highest BCUT2D eigenvalue weighted by atomic mass is 16.5. The number of aliphatic hydroxyl groups excluding tert-OH is 1. The second-order valence-corrected chi connectivity index (χ2v) is 12.2. The highest BCUT2D eigenvalue weighted by Crippen LogP contribution is 2.41. The Balaban J connectivity index is 1.51. The number of benzene rings is 1. The Morgan fingerprint density at radius 1 is 0.829 bits per heavy atom. The van der Waals surface area contributed by atoms with Crippen molar-refractivity contribution in [3.8, 4) is 0 Å². The van der Waals surface area contributed by atoms with Crippen molar-refractivity contribution < 1.29 is 28.9 Å². The van der Waals surface area contributed by atoms with Gasteiger partial charge in [-0.2, -0.15) is 0 Å². The zero-order valence-electron chi connectivity index (χ0n) is 25.4. The van der Waals surface area contributed by atoms with Crippen LogP contribution in [0.5, 0.6) is 0 Å². The number of carbonyl (C=O) groups excluding carboxylic acids is 2. The van der Waals surface area contributed by atoms with Gasteiger partial charge in [-0.15, -0.1) is 0 Å². The van der Waals surface area contributed by atoms with Gasteiger partial charge in [-0.3, -0.25) is 0 Å². The van der Waals surface area contributed by atoms with Gasteiger partial charge in [-0.1, -0.05) is 70.0 Å². The van der Waals surface area contributed by atoms with E-state index < -0.39 is 18.5 Å². The van der Waals surface area contributed by atoms with Crippen molar-refractivity contribution in [1.82, 2.24) is 0 Å². The molecule has 1 atom stereocenters. The molecule has 1 N–H and O–H groups in total. The van der Waals surface area contributed by atoms with Gasteiger partial charge in [-0.05, 0) is 86.2 Å². The van der Waals surface area contributed by atoms with Crippen LogP contribution in [-0.2, 0) is 23.8 Å². The van der Waals surface area contributed by atoms with Crippen molar-refractivity contribution >= 4 is 11.9 Å². The number of aliphatic hydroxyl groups is 1. The average molecular weight is 569 g/mol. The van der Waals surface area contributed by atoms with Gasteiger partial charge in [0.1, 0.15) is 0 Å². The first-order valence-corrected chi connectivity index (χ1v) is 15.8. The molecule has 228 valence electrons. The molecule has 0 radical (unpaired) electrons. The largest absolute Gasteiger partial charge is 0.462 e. The van der Waals surface area contributed by atoms with Gasteiger partial charge in [0.05, 0.1) is 37.6 Å². The molecular weight excluding hydrogens is 516 g/mol. The van der Waals surface area contributed by atoms with E-state index in [2.05, 4.69) is 44.3 Å². The monoisotopic (exact) mass is 568 g/mol. The lowest BCUT2D eigenvalue weighted by Gasteiger charge is -2.34. The van der Waals surface area contributed by atoms with Crippen LogP contribution in [0.15, 0.2) is 48.6 Å². The van der Waals surface area contributed by atoms with Gasteiger partial charge in [0.25, 0.3) is 0 Å². The molecule has 2 saturated carbocycles. The summed E-state index contributed by atoms with van der Waals surface area (Å²) in [5, 5.41) is 9.19. The van der Waals surface area contributed by atoms with Crippen LogP contribution in [0, 0.1) is 17.8 Å². The van der Waals surface area contributed by atoms with E-state index in [0.717, 1.165) is 31.6 Å². The SMILES string of the molecule is C=C(CO)C(=O)OCC(COC(=O)C(=C)COC)C1CCC(c2ccc(C3CCC(CCCCC)CC3)cc2)CC1. The summed E-state index contributed by atoms with van der Waals surface area (Å²) in [5.41, 5.74) is 3.17. The molecule has 3 rings (SSSR count). The minimum Gasteiger partial charge on any atom is -0.462 e. The molecule has 1 aromatic carbocycles. The maximum absolute atomic E-state index is 12.3. The average Bonchev–Trinajstić information content (AvgIpc) is 3.01. The number of methoxy groups -OCH3 is 1. The number of esters is 2. The van der Waals surface area contributed by atoms with Gasteiger partial charge in [0, 0.05) is 13.0 Å². The smallest absolute Gasteiger partial charge is 0.335 e. The third-order valence-electron chi connectivity index (χ3n) is 9.32. The van der Waals surface area contributed by atoms with Crippen molar-refractivity contribution in [1.29, 1.82) is 0 Å². The van der Waals surface area contributed by atoms with Gasteiger partial charge in [-0.25, -0.2) is 9.59 Å². The standard InChI is InChI=1S/C35H52O6/c1-5-6-7-8-27-9-11-28(12-10-27)29-13-15-30(16-14-29)31-17-19-32(20-18-31)33(23-40-34(37)25(2)21-36)24-41-35(38)26(3)22-39-4/h13-16,27-28,31-33,36H,2-3,5-12,17-24H2,1,4H3. The minimum atomic E-state index is -0.619. The van der Waals surface area contributed by atoms with Crippen molar-refractivity contribution in [2.45, 2.75) is 95.8 Å². The second-order valence-electron chi connectivity index (χ2n) is 12.2. The highest BCUT2D eigenvalue weighted by molar-refractivity contribution is 5.88. The lowest BCUT2D eigenvalue weighted by atomic mass is 9.73. The van der Waals surface area contributed by atoms with Crippen molar-refractivity contribution in [2.24, 2.45) is 17.8 Å². The van der Waals surface area contributed by atoms with Crippen LogP contribution < -0.4 is 0 Å². The van der Waals surface area contributed by atoms with Crippen molar-refractivity contribution in [3.05, 3.63) is 59.7 Å². The molecule has 0 saturated heterocycles. The van der Waals surface area contributed by atoms with E-state index in [1.807, 2.05) is 0 Å². The summed E-state index contributed by atoms with van der Waals surface area (Å²) >= 11 is 0. The predicted octanol–water partition coefficient (Wildman–Crippen LogP) is 7.27. The van der Waals surface area contributed by atoms with E-state index in [4.69, 9.17) is 14.2 Å². The highest BCUT2D eigenvalue weighted by Gasteiger charge is 2.31. The molecule has 2 fully saturated rings. The Bertz CT molecular complexity index is 967. The molecule has 0 heterocycles. The van der Waals surface area contributed by atoms with Gasteiger partial charge >= 0.3 is 11.9 Å². The molecule has 0 aliphatic heterocycles. The lowest BCUT2D eigenvalue weighted by molar-refractivity contribution is -0.146. The van der Waals surface area contributed by atoms with Crippen molar-refractivity contribution in [3.63, 3.8) is 0 Å². The molecule has 41 heavy (non-hydrogen) atoms. The van der Waals surface area contributed by atoms with E-state index in [1.54, 1.807) is 0 Å². The number of hydrogen-bond acceptors (Lipinski definition) is 6. The Morgan fingerprint density at radius 2 is 1.34 bits per heavy atom. The van der Waals surface area contributed by atoms with Crippen LogP contribution in [0.1, 0.15) is 107 Å². The summed E-state index contributed by atoms with van der Waals surface area (Å²) in [6.45, 7) is 9.47. The zero-order valence-corrected chi connectivity index (χ0v) is 25.4. The topological polar surface area (TPSA) is 82.1 Å². The van der Waals surface area contributed by atoms with Crippen molar-refractivity contribution in [2.75, 3.05) is 33.5 Å². The van der Waals surface area contributed by atoms with Gasteiger partial charge < -0.3 is 19.3 Å². The molecule has 0 aromatic heterocycles. The number of rotatable bonds is 16. The van der Waals surface area contributed by atoms with Crippen LogP contribution in [0.2, 0.25) is 0 Å². The molecule has 2 aliphatic carbocycles. The minimum absolute atomic E-state index is 0.0152. The summed E-state index contributed by atoms with van der Waals surface area (Å²) in [6.07, 6.45) is 14.9.